The Morgan fingerprint density at radius 1 is 1.24 bits per heavy atom. The number of carbonyl (C=O) groups excluding carboxylic acids is 1. The third-order valence-electron chi connectivity index (χ3n) is 5.73. The molecule has 8 nitrogen and oxygen atoms in total. The Hall–Kier alpha value is -2.91. The number of carbonyl (C=O) groups is 1. The Bertz CT molecular complexity index is 1230. The fourth-order valence-corrected chi connectivity index (χ4v) is 4.85. The summed E-state index contributed by atoms with van der Waals surface area (Å²) in [5.41, 5.74) is 2.36. The Morgan fingerprint density at radius 3 is 2.79 bits per heavy atom. The summed E-state index contributed by atoms with van der Waals surface area (Å²) in [4.78, 5) is 19.8. The van der Waals surface area contributed by atoms with Gasteiger partial charge in [-0.2, -0.15) is 0 Å². The zero-order chi connectivity index (χ0) is 23.4. The average molecular weight is 472 g/mol. The number of rotatable bonds is 9. The highest BCUT2D eigenvalue weighted by Gasteiger charge is 2.25. The minimum atomic E-state index is -3.32. The lowest BCUT2D eigenvalue weighted by atomic mass is 10.1. The molecule has 1 amide bonds. The molecule has 1 unspecified atom stereocenters. The lowest BCUT2D eigenvalue weighted by Crippen LogP contribution is -2.39. The summed E-state index contributed by atoms with van der Waals surface area (Å²) in [7, 11) is -1.71. The maximum absolute atomic E-state index is 13.6. The third-order valence-corrected chi connectivity index (χ3v) is 6.51. The molecular formula is C24H29N3O5S. The van der Waals surface area contributed by atoms with E-state index >= 15 is 0 Å². The summed E-state index contributed by atoms with van der Waals surface area (Å²) < 4.78 is 36.8. The predicted molar refractivity (Wildman–Crippen MR) is 126 cm³/mol. The van der Waals surface area contributed by atoms with Crippen molar-refractivity contribution in [2.75, 3.05) is 26.5 Å². The van der Waals surface area contributed by atoms with Gasteiger partial charge in [0, 0.05) is 26.0 Å². The van der Waals surface area contributed by atoms with Crippen LogP contribution in [0, 0.1) is 0 Å². The number of ether oxygens (including phenoxy) is 2. The number of methoxy groups -OCH3 is 1. The highest BCUT2D eigenvalue weighted by molar-refractivity contribution is 7.89. The number of aromatic nitrogens is 2. The van der Waals surface area contributed by atoms with Crippen molar-refractivity contribution >= 4 is 26.8 Å². The second kappa shape index (κ2) is 9.93. The van der Waals surface area contributed by atoms with Gasteiger partial charge in [0.1, 0.15) is 23.9 Å². The molecule has 176 valence electrons. The van der Waals surface area contributed by atoms with E-state index in [-0.39, 0.29) is 24.3 Å². The van der Waals surface area contributed by atoms with Crippen LogP contribution in [-0.2, 0) is 38.2 Å². The maximum atomic E-state index is 13.6. The molecule has 2 aromatic carbocycles. The fraction of sp³-hybridized carbons (Fsp3) is 0.417. The minimum Gasteiger partial charge on any atom is -0.497 e. The Kier molecular flexibility index (Phi) is 6.99. The smallest absolute Gasteiger partial charge is 0.242 e. The van der Waals surface area contributed by atoms with Gasteiger partial charge in [-0.1, -0.05) is 24.3 Å². The van der Waals surface area contributed by atoms with Crippen molar-refractivity contribution in [3.8, 4) is 5.75 Å². The molecule has 0 N–H and O–H groups in total. The molecule has 1 saturated heterocycles. The molecule has 9 heteroatoms. The second-order valence-corrected chi connectivity index (χ2v) is 10.6. The summed E-state index contributed by atoms with van der Waals surface area (Å²) >= 11 is 0. The van der Waals surface area contributed by atoms with Crippen molar-refractivity contribution in [3.63, 3.8) is 0 Å². The standard InChI is InChI=1S/C24H29N3O5S/c1-31-19-8-5-7-18(13-19)14-26(15-20-9-6-12-32-20)24(28)16-27-22-11-4-3-10-21(22)25-23(27)17-33(2,29)30/h3-5,7-8,10-11,13,20H,6,9,12,14-17H2,1-2H3. The molecule has 1 aliphatic heterocycles. The number of hydrogen-bond acceptors (Lipinski definition) is 6. The van der Waals surface area contributed by atoms with Gasteiger partial charge in [-0.25, -0.2) is 13.4 Å². The van der Waals surface area contributed by atoms with Crippen LogP contribution in [0.2, 0.25) is 0 Å². The SMILES string of the molecule is COc1cccc(CN(CC2CCCO2)C(=O)Cn2c(CS(C)(=O)=O)nc3ccccc32)c1. The highest BCUT2D eigenvalue weighted by Crippen LogP contribution is 2.21. The Morgan fingerprint density at radius 2 is 2.06 bits per heavy atom. The third kappa shape index (κ3) is 5.91. The Balaban J connectivity index is 1.63. The number of para-hydroxylation sites is 2. The first-order valence-electron chi connectivity index (χ1n) is 11.0. The van der Waals surface area contributed by atoms with Gasteiger partial charge in [-0.05, 0) is 42.7 Å². The van der Waals surface area contributed by atoms with E-state index in [4.69, 9.17) is 9.47 Å². The van der Waals surface area contributed by atoms with Gasteiger partial charge in [0.25, 0.3) is 0 Å². The molecule has 33 heavy (non-hydrogen) atoms. The number of hydrogen-bond donors (Lipinski definition) is 0. The van der Waals surface area contributed by atoms with Crippen molar-refractivity contribution in [3.05, 3.63) is 59.9 Å². The second-order valence-electron chi connectivity index (χ2n) is 8.43. The molecule has 0 bridgehead atoms. The zero-order valence-electron chi connectivity index (χ0n) is 18.9. The maximum Gasteiger partial charge on any atom is 0.242 e. The van der Waals surface area contributed by atoms with Crippen LogP contribution < -0.4 is 4.74 Å². The molecule has 1 aromatic heterocycles. The summed E-state index contributed by atoms with van der Waals surface area (Å²) in [5.74, 6) is 0.751. The largest absolute Gasteiger partial charge is 0.497 e. The van der Waals surface area contributed by atoms with Crippen molar-refractivity contribution in [1.82, 2.24) is 14.5 Å². The number of benzene rings is 2. The molecule has 3 aromatic rings. The quantitative estimate of drug-likeness (QED) is 0.477. The summed E-state index contributed by atoms with van der Waals surface area (Å²) in [5, 5.41) is 0. The van der Waals surface area contributed by atoms with Crippen molar-refractivity contribution in [2.24, 2.45) is 0 Å². The normalized spacial score (nSPS) is 16.2. The first kappa shape index (κ1) is 23.3. The molecule has 0 spiro atoms. The molecule has 4 rings (SSSR count). The van der Waals surface area contributed by atoms with Crippen LogP contribution in [0.4, 0.5) is 0 Å². The Labute approximate surface area is 194 Å². The van der Waals surface area contributed by atoms with Gasteiger partial charge < -0.3 is 18.9 Å². The number of imidazole rings is 1. The minimum absolute atomic E-state index is 0.00204. The van der Waals surface area contributed by atoms with E-state index < -0.39 is 9.84 Å². The van der Waals surface area contributed by atoms with Gasteiger partial charge in [0.15, 0.2) is 9.84 Å². The lowest BCUT2D eigenvalue weighted by molar-refractivity contribution is -0.134. The monoisotopic (exact) mass is 471 g/mol. The first-order valence-corrected chi connectivity index (χ1v) is 13.0. The number of amides is 1. The van der Waals surface area contributed by atoms with Crippen LogP contribution in [0.1, 0.15) is 24.2 Å². The fourth-order valence-electron chi connectivity index (χ4n) is 4.16. The molecule has 0 saturated carbocycles. The van der Waals surface area contributed by atoms with Crippen LogP contribution in [0.25, 0.3) is 11.0 Å². The lowest BCUT2D eigenvalue weighted by Gasteiger charge is -2.26. The van der Waals surface area contributed by atoms with Gasteiger partial charge in [0.2, 0.25) is 5.91 Å². The van der Waals surface area contributed by atoms with Crippen LogP contribution in [0.5, 0.6) is 5.75 Å². The van der Waals surface area contributed by atoms with E-state index in [9.17, 15) is 13.2 Å². The van der Waals surface area contributed by atoms with Crippen LogP contribution in [0.3, 0.4) is 0 Å². The van der Waals surface area contributed by atoms with E-state index in [0.717, 1.165) is 29.7 Å². The molecular weight excluding hydrogens is 442 g/mol. The van der Waals surface area contributed by atoms with E-state index in [1.54, 1.807) is 16.6 Å². The number of sulfone groups is 1. The first-order chi connectivity index (χ1) is 15.8. The van der Waals surface area contributed by atoms with Gasteiger partial charge in [-0.15, -0.1) is 0 Å². The molecule has 1 aliphatic rings. The van der Waals surface area contributed by atoms with Crippen LogP contribution in [-0.4, -0.2) is 61.4 Å². The van der Waals surface area contributed by atoms with Crippen LogP contribution >= 0.6 is 0 Å². The topological polar surface area (TPSA) is 90.7 Å². The van der Waals surface area contributed by atoms with Crippen molar-refractivity contribution in [1.29, 1.82) is 0 Å². The zero-order valence-corrected chi connectivity index (χ0v) is 19.8. The molecule has 2 heterocycles. The van der Waals surface area contributed by atoms with E-state index in [0.29, 0.717) is 31.0 Å². The van der Waals surface area contributed by atoms with E-state index in [2.05, 4.69) is 4.98 Å². The molecule has 0 aliphatic carbocycles. The average Bonchev–Trinajstić information content (AvgIpc) is 3.40. The summed E-state index contributed by atoms with van der Waals surface area (Å²) in [6, 6.07) is 15.0. The number of nitrogens with zero attached hydrogens (tertiary/aromatic N) is 3. The highest BCUT2D eigenvalue weighted by atomic mass is 32.2. The van der Waals surface area contributed by atoms with Crippen LogP contribution in [0.15, 0.2) is 48.5 Å². The van der Waals surface area contributed by atoms with E-state index in [1.165, 1.54) is 6.26 Å². The van der Waals surface area contributed by atoms with E-state index in [1.807, 2.05) is 48.5 Å². The van der Waals surface area contributed by atoms with Gasteiger partial charge >= 0.3 is 0 Å². The molecule has 1 fully saturated rings. The molecule has 1 atom stereocenters. The molecule has 0 radical (unpaired) electrons. The summed E-state index contributed by atoms with van der Waals surface area (Å²) in [6.07, 6.45) is 3.06. The summed E-state index contributed by atoms with van der Waals surface area (Å²) in [6.45, 7) is 1.59. The predicted octanol–water partition coefficient (Wildman–Crippen LogP) is 2.80. The van der Waals surface area contributed by atoms with Crippen molar-refractivity contribution in [2.45, 2.75) is 37.8 Å². The van der Waals surface area contributed by atoms with Crippen molar-refractivity contribution < 1.29 is 22.7 Å². The van der Waals surface area contributed by atoms with Gasteiger partial charge in [-0.3, -0.25) is 4.79 Å². The van der Waals surface area contributed by atoms with Gasteiger partial charge in [0.05, 0.1) is 24.2 Å². The number of fused-ring (bicyclic) bond motifs is 1.